The van der Waals surface area contributed by atoms with Crippen LogP contribution in [0, 0.1) is 0 Å². The maximum atomic E-state index is 11.5. The summed E-state index contributed by atoms with van der Waals surface area (Å²) in [6.07, 6.45) is 4.33. The summed E-state index contributed by atoms with van der Waals surface area (Å²) in [6, 6.07) is 0.929. The molecule has 5 nitrogen and oxygen atoms in total. The van der Waals surface area contributed by atoms with Crippen molar-refractivity contribution in [3.63, 3.8) is 0 Å². The van der Waals surface area contributed by atoms with Crippen LogP contribution in [0.2, 0.25) is 0 Å². The van der Waals surface area contributed by atoms with E-state index in [-0.39, 0.29) is 5.91 Å². The fourth-order valence-electron chi connectivity index (χ4n) is 2.06. The van der Waals surface area contributed by atoms with Gasteiger partial charge in [0.15, 0.2) is 0 Å². The fourth-order valence-corrected chi connectivity index (χ4v) is 2.06. The van der Waals surface area contributed by atoms with Crippen molar-refractivity contribution in [2.75, 3.05) is 4.90 Å². The molecule has 0 spiro atoms. The van der Waals surface area contributed by atoms with Crippen molar-refractivity contribution in [2.45, 2.75) is 25.8 Å². The van der Waals surface area contributed by atoms with E-state index in [4.69, 9.17) is 5.11 Å². The average molecular weight is 220 g/mol. The molecule has 2 heterocycles. The molecular weight excluding hydrogens is 208 g/mol. The van der Waals surface area contributed by atoms with E-state index >= 15 is 0 Å². The summed E-state index contributed by atoms with van der Waals surface area (Å²) in [6.45, 7) is 1.38. The Morgan fingerprint density at radius 3 is 2.94 bits per heavy atom. The van der Waals surface area contributed by atoms with Crippen molar-refractivity contribution < 1.29 is 14.7 Å². The van der Waals surface area contributed by atoms with Crippen molar-refractivity contribution in [1.82, 2.24) is 4.98 Å². The second-order valence-electron chi connectivity index (χ2n) is 3.79. The summed E-state index contributed by atoms with van der Waals surface area (Å²) < 4.78 is 0. The summed E-state index contributed by atoms with van der Waals surface area (Å²) in [4.78, 5) is 27.9. The number of anilines is 1. The second kappa shape index (κ2) is 3.92. The normalized spacial score (nSPS) is 19.1. The van der Waals surface area contributed by atoms with Crippen molar-refractivity contribution >= 4 is 17.6 Å². The lowest BCUT2D eigenvalue weighted by Gasteiger charge is -2.33. The van der Waals surface area contributed by atoms with Crippen LogP contribution in [0.25, 0.3) is 0 Å². The van der Waals surface area contributed by atoms with Crippen LogP contribution in [0.15, 0.2) is 18.5 Å². The molecule has 0 aromatic carbocycles. The third-order valence-corrected chi connectivity index (χ3v) is 2.76. The number of nitrogens with zero attached hydrogens (tertiary/aromatic N) is 2. The Morgan fingerprint density at radius 1 is 1.56 bits per heavy atom. The molecule has 1 unspecified atom stereocenters. The highest BCUT2D eigenvalue weighted by Crippen LogP contribution is 2.29. The summed E-state index contributed by atoms with van der Waals surface area (Å²) in [7, 11) is 0. The lowest BCUT2D eigenvalue weighted by atomic mass is 9.97. The number of carbonyl (C=O) groups excluding carboxylic acids is 1. The minimum atomic E-state index is -0.960. The van der Waals surface area contributed by atoms with Crippen LogP contribution in [-0.4, -0.2) is 28.0 Å². The molecule has 5 heteroatoms. The van der Waals surface area contributed by atoms with E-state index < -0.39 is 12.0 Å². The number of aliphatic carboxylic acids is 1. The Hall–Kier alpha value is -1.91. The molecule has 1 aliphatic heterocycles. The molecule has 0 bridgehead atoms. The third kappa shape index (κ3) is 1.64. The van der Waals surface area contributed by atoms with Gasteiger partial charge >= 0.3 is 5.97 Å². The number of carboxylic acid groups (broad SMARTS) is 1. The average Bonchev–Trinajstić information content (AvgIpc) is 2.27. The minimum absolute atomic E-state index is 0.250. The van der Waals surface area contributed by atoms with Crippen LogP contribution in [0.5, 0.6) is 0 Å². The first-order valence-electron chi connectivity index (χ1n) is 5.06. The number of rotatable bonds is 1. The lowest BCUT2D eigenvalue weighted by Crippen LogP contribution is -2.47. The molecule has 2 rings (SSSR count). The molecular formula is C11H12N2O3. The molecule has 0 saturated carbocycles. The molecule has 1 N–H and O–H groups in total. The molecule has 1 aliphatic rings. The zero-order chi connectivity index (χ0) is 11.7. The number of pyridine rings is 1. The molecule has 1 atom stereocenters. The summed E-state index contributed by atoms with van der Waals surface area (Å²) >= 11 is 0. The fraction of sp³-hybridized carbons (Fsp3) is 0.364. The van der Waals surface area contributed by atoms with Gasteiger partial charge in [-0.1, -0.05) is 0 Å². The predicted octanol–water partition coefficient (Wildman–Crippen LogP) is 0.834. The number of hydrogen-bond donors (Lipinski definition) is 1. The number of amides is 1. The first-order valence-corrected chi connectivity index (χ1v) is 5.06. The number of fused-ring (bicyclic) bond motifs is 1. The number of carbonyl (C=O) groups is 2. The zero-order valence-electron chi connectivity index (χ0n) is 8.88. The van der Waals surface area contributed by atoms with Crippen LogP contribution in [-0.2, 0) is 16.0 Å². The molecule has 1 aromatic rings. The quantitative estimate of drug-likeness (QED) is 0.761. The smallest absolute Gasteiger partial charge is 0.326 e. The van der Waals surface area contributed by atoms with E-state index in [1.54, 1.807) is 18.5 Å². The Morgan fingerprint density at radius 2 is 2.31 bits per heavy atom. The molecule has 16 heavy (non-hydrogen) atoms. The Labute approximate surface area is 92.7 Å². The summed E-state index contributed by atoms with van der Waals surface area (Å²) in [5, 5.41) is 9.07. The van der Waals surface area contributed by atoms with E-state index in [1.165, 1.54) is 11.8 Å². The van der Waals surface area contributed by atoms with Gasteiger partial charge in [0.25, 0.3) is 0 Å². The number of aryl methyl sites for hydroxylation is 1. The standard InChI is InChI=1S/C11H12N2O3/c1-7(14)13-9-4-5-12-6-8(9)2-3-10(13)11(15)16/h4-6,10H,2-3H2,1H3,(H,15,16). The first-order chi connectivity index (χ1) is 7.61. The van der Waals surface area contributed by atoms with Gasteiger partial charge in [0.05, 0.1) is 5.69 Å². The van der Waals surface area contributed by atoms with E-state index in [0.717, 1.165) is 5.56 Å². The third-order valence-electron chi connectivity index (χ3n) is 2.76. The minimum Gasteiger partial charge on any atom is -0.480 e. The Kier molecular flexibility index (Phi) is 2.60. The van der Waals surface area contributed by atoms with Gasteiger partial charge in [0.2, 0.25) is 5.91 Å². The lowest BCUT2D eigenvalue weighted by molar-refractivity contribution is -0.140. The molecule has 1 amide bonds. The van der Waals surface area contributed by atoms with E-state index in [0.29, 0.717) is 18.5 Å². The highest BCUT2D eigenvalue weighted by atomic mass is 16.4. The monoisotopic (exact) mass is 220 g/mol. The van der Waals surface area contributed by atoms with Gasteiger partial charge in [-0.05, 0) is 24.5 Å². The van der Waals surface area contributed by atoms with Crippen molar-refractivity contribution in [2.24, 2.45) is 0 Å². The maximum Gasteiger partial charge on any atom is 0.326 e. The van der Waals surface area contributed by atoms with Gasteiger partial charge in [0, 0.05) is 19.3 Å². The van der Waals surface area contributed by atoms with Gasteiger partial charge in [-0.3, -0.25) is 14.7 Å². The Bertz CT molecular complexity index is 445. The van der Waals surface area contributed by atoms with Crippen LogP contribution in [0.4, 0.5) is 5.69 Å². The second-order valence-corrected chi connectivity index (χ2v) is 3.79. The molecule has 0 saturated heterocycles. The van der Waals surface area contributed by atoms with Crippen LogP contribution < -0.4 is 4.90 Å². The van der Waals surface area contributed by atoms with Crippen LogP contribution >= 0.6 is 0 Å². The van der Waals surface area contributed by atoms with Crippen molar-refractivity contribution in [1.29, 1.82) is 0 Å². The van der Waals surface area contributed by atoms with Gasteiger partial charge in [-0.15, -0.1) is 0 Å². The van der Waals surface area contributed by atoms with Gasteiger partial charge < -0.3 is 5.11 Å². The van der Waals surface area contributed by atoms with E-state index in [2.05, 4.69) is 4.98 Å². The van der Waals surface area contributed by atoms with Crippen molar-refractivity contribution in [3.05, 3.63) is 24.0 Å². The maximum absolute atomic E-state index is 11.5. The number of hydrogen-bond acceptors (Lipinski definition) is 3. The molecule has 0 aliphatic carbocycles. The topological polar surface area (TPSA) is 70.5 Å². The largest absolute Gasteiger partial charge is 0.480 e. The van der Waals surface area contributed by atoms with Crippen LogP contribution in [0.1, 0.15) is 18.9 Å². The highest BCUT2D eigenvalue weighted by molar-refractivity contribution is 5.99. The highest BCUT2D eigenvalue weighted by Gasteiger charge is 2.33. The zero-order valence-corrected chi connectivity index (χ0v) is 8.88. The molecule has 0 radical (unpaired) electrons. The Balaban J connectivity index is 2.47. The summed E-state index contributed by atoms with van der Waals surface area (Å²) in [5.74, 6) is -1.21. The molecule has 1 aromatic heterocycles. The summed E-state index contributed by atoms with van der Waals surface area (Å²) in [5.41, 5.74) is 1.59. The molecule has 84 valence electrons. The van der Waals surface area contributed by atoms with E-state index in [1.807, 2.05) is 0 Å². The number of aromatic nitrogens is 1. The van der Waals surface area contributed by atoms with Crippen molar-refractivity contribution in [3.8, 4) is 0 Å². The number of carboxylic acids is 1. The van der Waals surface area contributed by atoms with Gasteiger partial charge in [-0.25, -0.2) is 4.79 Å². The molecule has 0 fully saturated rings. The van der Waals surface area contributed by atoms with Crippen LogP contribution in [0.3, 0.4) is 0 Å². The van der Waals surface area contributed by atoms with E-state index in [9.17, 15) is 9.59 Å². The van der Waals surface area contributed by atoms with Gasteiger partial charge in [-0.2, -0.15) is 0 Å². The first kappa shape index (κ1) is 10.6. The van der Waals surface area contributed by atoms with Gasteiger partial charge in [0.1, 0.15) is 6.04 Å². The predicted molar refractivity (Wildman–Crippen MR) is 57.1 cm³/mol. The SMILES string of the molecule is CC(=O)N1c2ccncc2CCC1C(=O)O.